The van der Waals surface area contributed by atoms with E-state index in [-0.39, 0.29) is 12.3 Å². The second-order valence-corrected chi connectivity index (χ2v) is 3.70. The van der Waals surface area contributed by atoms with Crippen LogP contribution in [0.15, 0.2) is 40.9 Å². The molecule has 2 rings (SSSR count). The molecule has 0 fully saturated rings. The van der Waals surface area contributed by atoms with Crippen LogP contribution in [0.1, 0.15) is 16.2 Å². The number of carbonyl (C=O) groups is 1. The van der Waals surface area contributed by atoms with Crippen molar-refractivity contribution >= 4 is 5.97 Å². The highest BCUT2D eigenvalue weighted by Crippen LogP contribution is 2.08. The second kappa shape index (κ2) is 6.55. The van der Waals surface area contributed by atoms with Gasteiger partial charge < -0.3 is 19.1 Å². The molecule has 19 heavy (non-hydrogen) atoms. The van der Waals surface area contributed by atoms with Crippen LogP contribution in [0.3, 0.4) is 0 Å². The van der Waals surface area contributed by atoms with E-state index in [4.69, 9.17) is 19.1 Å². The van der Waals surface area contributed by atoms with Gasteiger partial charge in [-0.2, -0.15) is 0 Å². The number of carboxylic acid groups (broad SMARTS) is 1. The molecule has 6 nitrogen and oxygen atoms in total. The molecule has 0 aliphatic heterocycles. The van der Waals surface area contributed by atoms with Gasteiger partial charge in [0.2, 0.25) is 0 Å². The Balaban J connectivity index is 1.65. The maximum absolute atomic E-state index is 10.6. The smallest absolute Gasteiger partial charge is 0.358 e. The first-order valence-corrected chi connectivity index (χ1v) is 5.70. The van der Waals surface area contributed by atoms with Crippen molar-refractivity contribution in [2.45, 2.75) is 6.61 Å². The highest BCUT2D eigenvalue weighted by molar-refractivity contribution is 5.85. The summed E-state index contributed by atoms with van der Waals surface area (Å²) in [6, 6.07) is 10.7. The van der Waals surface area contributed by atoms with Gasteiger partial charge >= 0.3 is 5.97 Å². The van der Waals surface area contributed by atoms with Crippen molar-refractivity contribution in [3.05, 3.63) is 47.9 Å². The minimum absolute atomic E-state index is 0.126. The summed E-state index contributed by atoms with van der Waals surface area (Å²) >= 11 is 0. The molecule has 0 spiro atoms. The monoisotopic (exact) mass is 263 g/mol. The molecule has 0 amide bonds. The minimum Gasteiger partial charge on any atom is -0.491 e. The fourth-order valence-electron chi connectivity index (χ4n) is 1.39. The van der Waals surface area contributed by atoms with Gasteiger partial charge in [-0.05, 0) is 12.1 Å². The van der Waals surface area contributed by atoms with Crippen LogP contribution in [0.25, 0.3) is 0 Å². The molecule has 1 aromatic heterocycles. The summed E-state index contributed by atoms with van der Waals surface area (Å²) < 4.78 is 15.5. The van der Waals surface area contributed by atoms with Crippen molar-refractivity contribution in [2.24, 2.45) is 0 Å². The highest BCUT2D eigenvalue weighted by atomic mass is 16.5. The molecule has 0 unspecified atom stereocenters. The van der Waals surface area contributed by atoms with Crippen molar-refractivity contribution in [3.63, 3.8) is 0 Å². The number of hydrogen-bond donors (Lipinski definition) is 1. The van der Waals surface area contributed by atoms with Crippen LogP contribution >= 0.6 is 0 Å². The van der Waals surface area contributed by atoms with Crippen molar-refractivity contribution < 1.29 is 23.9 Å². The Morgan fingerprint density at radius 1 is 1.26 bits per heavy atom. The second-order valence-electron chi connectivity index (χ2n) is 3.70. The van der Waals surface area contributed by atoms with Crippen molar-refractivity contribution in [1.82, 2.24) is 5.16 Å². The van der Waals surface area contributed by atoms with Crippen LogP contribution < -0.4 is 4.74 Å². The molecule has 0 radical (unpaired) electrons. The maximum Gasteiger partial charge on any atom is 0.358 e. The Kier molecular flexibility index (Phi) is 4.52. The Morgan fingerprint density at radius 2 is 2.05 bits per heavy atom. The number of carboxylic acids is 1. The average molecular weight is 263 g/mol. The molecule has 100 valence electrons. The standard InChI is InChI=1S/C13H13NO5/c15-13(16)12-8-11(19-14-12)9-17-6-7-18-10-4-2-1-3-5-10/h1-5,8H,6-7,9H2,(H,15,16). The van der Waals surface area contributed by atoms with Crippen LogP contribution in [0.2, 0.25) is 0 Å². The van der Waals surface area contributed by atoms with Crippen molar-refractivity contribution in [1.29, 1.82) is 0 Å². The molecular weight excluding hydrogens is 250 g/mol. The van der Waals surface area contributed by atoms with E-state index in [0.29, 0.717) is 19.0 Å². The van der Waals surface area contributed by atoms with E-state index >= 15 is 0 Å². The Hall–Kier alpha value is -2.34. The van der Waals surface area contributed by atoms with Crippen molar-refractivity contribution in [3.8, 4) is 5.75 Å². The molecule has 1 aromatic carbocycles. The topological polar surface area (TPSA) is 81.8 Å². The number of ether oxygens (including phenoxy) is 2. The third-order valence-electron chi connectivity index (χ3n) is 2.26. The summed E-state index contributed by atoms with van der Waals surface area (Å²) in [4.78, 5) is 10.6. The van der Waals surface area contributed by atoms with E-state index in [1.807, 2.05) is 30.3 Å². The quantitative estimate of drug-likeness (QED) is 0.769. The van der Waals surface area contributed by atoms with E-state index < -0.39 is 5.97 Å². The Labute approximate surface area is 109 Å². The zero-order valence-corrected chi connectivity index (χ0v) is 10.1. The molecular formula is C13H13NO5. The van der Waals surface area contributed by atoms with Gasteiger partial charge in [0.25, 0.3) is 0 Å². The van der Waals surface area contributed by atoms with E-state index in [0.717, 1.165) is 5.75 Å². The first-order chi connectivity index (χ1) is 9.25. The number of hydrogen-bond acceptors (Lipinski definition) is 5. The molecule has 2 aromatic rings. The average Bonchev–Trinajstić information content (AvgIpc) is 2.89. The number of rotatable bonds is 7. The lowest BCUT2D eigenvalue weighted by Gasteiger charge is -2.05. The Morgan fingerprint density at radius 3 is 2.74 bits per heavy atom. The number of nitrogens with zero attached hydrogens (tertiary/aromatic N) is 1. The Bertz CT molecular complexity index is 523. The summed E-state index contributed by atoms with van der Waals surface area (Å²) in [5.41, 5.74) is -0.126. The third kappa shape index (κ3) is 4.11. The molecule has 0 bridgehead atoms. The van der Waals surface area contributed by atoms with Gasteiger partial charge in [-0.3, -0.25) is 0 Å². The van der Waals surface area contributed by atoms with E-state index in [2.05, 4.69) is 5.16 Å². The van der Waals surface area contributed by atoms with Crippen LogP contribution in [0, 0.1) is 0 Å². The van der Waals surface area contributed by atoms with Gasteiger partial charge in [-0.25, -0.2) is 4.79 Å². The van der Waals surface area contributed by atoms with Gasteiger partial charge in [-0.1, -0.05) is 23.4 Å². The predicted octanol–water partition coefficient (Wildman–Crippen LogP) is 1.97. The zero-order chi connectivity index (χ0) is 13.5. The van der Waals surface area contributed by atoms with Gasteiger partial charge in [0.1, 0.15) is 19.0 Å². The van der Waals surface area contributed by atoms with Gasteiger partial charge in [0.05, 0.1) is 6.61 Å². The predicted molar refractivity (Wildman–Crippen MR) is 65.1 cm³/mol. The summed E-state index contributed by atoms with van der Waals surface area (Å²) in [5.74, 6) is 0.0263. The molecule has 0 atom stereocenters. The molecule has 0 aliphatic carbocycles. The molecule has 0 saturated carbocycles. The number of aromatic carboxylic acids is 1. The molecule has 1 heterocycles. The highest BCUT2D eigenvalue weighted by Gasteiger charge is 2.10. The SMILES string of the molecule is O=C(O)c1cc(COCCOc2ccccc2)on1. The molecule has 0 aliphatic rings. The lowest BCUT2D eigenvalue weighted by Crippen LogP contribution is -2.06. The first kappa shape index (κ1) is 13.1. The lowest BCUT2D eigenvalue weighted by atomic mass is 10.3. The van der Waals surface area contributed by atoms with Crippen LogP contribution in [0.5, 0.6) is 5.75 Å². The van der Waals surface area contributed by atoms with Gasteiger partial charge in [-0.15, -0.1) is 0 Å². The van der Waals surface area contributed by atoms with Crippen LogP contribution in [0.4, 0.5) is 0 Å². The number of benzene rings is 1. The fourth-order valence-corrected chi connectivity index (χ4v) is 1.39. The lowest BCUT2D eigenvalue weighted by molar-refractivity contribution is 0.0680. The first-order valence-electron chi connectivity index (χ1n) is 5.70. The van der Waals surface area contributed by atoms with E-state index in [1.165, 1.54) is 6.07 Å². The normalized spacial score (nSPS) is 10.3. The maximum atomic E-state index is 10.6. The largest absolute Gasteiger partial charge is 0.491 e. The van der Waals surface area contributed by atoms with E-state index in [9.17, 15) is 4.79 Å². The fraction of sp³-hybridized carbons (Fsp3) is 0.231. The minimum atomic E-state index is -1.12. The van der Waals surface area contributed by atoms with E-state index in [1.54, 1.807) is 0 Å². The molecule has 6 heteroatoms. The zero-order valence-electron chi connectivity index (χ0n) is 10.1. The van der Waals surface area contributed by atoms with Crippen LogP contribution in [-0.4, -0.2) is 29.4 Å². The summed E-state index contributed by atoms with van der Waals surface area (Å²) in [5, 5.41) is 12.0. The summed E-state index contributed by atoms with van der Waals surface area (Å²) in [6.07, 6.45) is 0. The number of para-hydroxylation sites is 1. The number of aromatic nitrogens is 1. The van der Waals surface area contributed by atoms with Crippen molar-refractivity contribution in [2.75, 3.05) is 13.2 Å². The third-order valence-corrected chi connectivity index (χ3v) is 2.26. The summed E-state index contributed by atoms with van der Waals surface area (Å²) in [6.45, 7) is 0.945. The molecule has 1 N–H and O–H groups in total. The summed E-state index contributed by atoms with van der Waals surface area (Å²) in [7, 11) is 0. The van der Waals surface area contributed by atoms with Gasteiger partial charge in [0.15, 0.2) is 11.5 Å². The molecule has 0 saturated heterocycles. The van der Waals surface area contributed by atoms with Crippen LogP contribution in [-0.2, 0) is 11.3 Å². The van der Waals surface area contributed by atoms with Gasteiger partial charge in [0, 0.05) is 6.07 Å².